The van der Waals surface area contributed by atoms with Gasteiger partial charge in [0.25, 0.3) is 5.91 Å². The summed E-state index contributed by atoms with van der Waals surface area (Å²) in [5.41, 5.74) is 3.59. The van der Waals surface area contributed by atoms with Crippen LogP contribution in [0.1, 0.15) is 15.3 Å². The molecule has 3 rings (SSSR count). The van der Waals surface area contributed by atoms with Crippen LogP contribution in [0.2, 0.25) is 5.02 Å². The smallest absolute Gasteiger partial charge is 0.250 e. The van der Waals surface area contributed by atoms with Gasteiger partial charge in [-0.3, -0.25) is 4.79 Å². The zero-order chi connectivity index (χ0) is 19.1. The van der Waals surface area contributed by atoms with Crippen LogP contribution in [0.15, 0.2) is 50.2 Å². The fourth-order valence-corrected chi connectivity index (χ4v) is 5.77. The van der Waals surface area contributed by atoms with Crippen molar-refractivity contribution in [1.29, 1.82) is 0 Å². The molecule has 1 amide bonds. The summed E-state index contributed by atoms with van der Waals surface area (Å²) in [5.74, 6) is 0.797. The van der Waals surface area contributed by atoms with E-state index < -0.39 is 0 Å². The number of aryl methyl sites for hydroxylation is 1. The van der Waals surface area contributed by atoms with Gasteiger partial charge in [-0.05, 0) is 30.7 Å². The molecule has 0 saturated carbocycles. The number of benzene rings is 1. The molecular weight excluding hydrogens is 440 g/mol. The first kappa shape index (κ1) is 20.3. The van der Waals surface area contributed by atoms with Crippen LogP contribution >= 0.6 is 57.8 Å². The lowest BCUT2D eigenvalue weighted by atomic mass is 10.2. The van der Waals surface area contributed by atoms with Crippen LogP contribution in [0.25, 0.3) is 0 Å². The number of hydrogen-bond acceptors (Lipinski definition) is 8. The van der Waals surface area contributed by atoms with Gasteiger partial charge in [0.15, 0.2) is 8.68 Å². The Morgan fingerprint density at radius 3 is 2.70 bits per heavy atom. The molecule has 2 heterocycles. The summed E-state index contributed by atoms with van der Waals surface area (Å²) in [7, 11) is 0. The second-order valence-electron chi connectivity index (χ2n) is 5.24. The average molecular weight is 455 g/mol. The van der Waals surface area contributed by atoms with Gasteiger partial charge in [0.2, 0.25) is 0 Å². The number of thiophene rings is 1. The summed E-state index contributed by atoms with van der Waals surface area (Å²) in [4.78, 5) is 14.1. The lowest BCUT2D eigenvalue weighted by molar-refractivity contribution is -0.118. The Bertz CT molecular complexity index is 940. The molecule has 0 aliphatic rings. The maximum atomic E-state index is 11.9. The van der Waals surface area contributed by atoms with Gasteiger partial charge in [0.05, 0.1) is 12.0 Å². The number of halogens is 1. The second kappa shape index (κ2) is 10.2. The van der Waals surface area contributed by atoms with E-state index in [4.69, 9.17) is 11.6 Å². The number of hydrogen-bond donors (Lipinski definition) is 1. The Kier molecular flexibility index (Phi) is 7.71. The number of amides is 1. The number of nitrogens with zero attached hydrogens (tertiary/aromatic N) is 3. The molecule has 27 heavy (non-hydrogen) atoms. The zero-order valence-corrected chi connectivity index (χ0v) is 18.2. The van der Waals surface area contributed by atoms with Crippen molar-refractivity contribution in [2.24, 2.45) is 5.10 Å². The Balaban J connectivity index is 1.41. The van der Waals surface area contributed by atoms with Crippen molar-refractivity contribution in [3.05, 3.63) is 56.7 Å². The van der Waals surface area contributed by atoms with E-state index in [1.54, 1.807) is 29.3 Å². The molecule has 0 spiro atoms. The fraction of sp³-hybridized carbons (Fsp3) is 0.176. The van der Waals surface area contributed by atoms with Gasteiger partial charge in [-0.15, -0.1) is 21.5 Å². The molecule has 0 fully saturated rings. The van der Waals surface area contributed by atoms with Crippen LogP contribution in [0.3, 0.4) is 0 Å². The summed E-state index contributed by atoms with van der Waals surface area (Å²) in [5, 5.41) is 13.0. The number of nitrogens with one attached hydrogen (secondary N) is 1. The third kappa shape index (κ3) is 6.62. The summed E-state index contributed by atoms with van der Waals surface area (Å²) in [6.45, 7) is 2.03. The summed E-state index contributed by atoms with van der Waals surface area (Å²) in [6, 6.07) is 11.7. The normalized spacial score (nSPS) is 11.2. The first-order valence-electron chi connectivity index (χ1n) is 7.81. The van der Waals surface area contributed by atoms with Crippen molar-refractivity contribution in [3.63, 3.8) is 0 Å². The molecule has 0 saturated heterocycles. The minimum atomic E-state index is -0.176. The molecule has 140 valence electrons. The van der Waals surface area contributed by atoms with Crippen LogP contribution in [0, 0.1) is 6.92 Å². The Morgan fingerprint density at radius 2 is 1.96 bits per heavy atom. The molecule has 3 aromatic rings. The largest absolute Gasteiger partial charge is 0.272 e. The predicted molar refractivity (Wildman–Crippen MR) is 116 cm³/mol. The molecular formula is C17H15ClN4OS4. The van der Waals surface area contributed by atoms with E-state index in [0.717, 1.165) is 29.9 Å². The minimum absolute atomic E-state index is 0.176. The summed E-state index contributed by atoms with van der Waals surface area (Å²) >= 11 is 12.2. The van der Waals surface area contributed by atoms with E-state index in [9.17, 15) is 4.79 Å². The number of thioether (sulfide) groups is 2. The third-order valence-electron chi connectivity index (χ3n) is 3.17. The quantitative estimate of drug-likeness (QED) is 0.291. The fourth-order valence-electron chi connectivity index (χ4n) is 1.92. The van der Waals surface area contributed by atoms with Gasteiger partial charge in [-0.25, -0.2) is 5.43 Å². The number of aromatic nitrogens is 2. The van der Waals surface area contributed by atoms with E-state index in [1.807, 2.05) is 43.3 Å². The highest BCUT2D eigenvalue weighted by Crippen LogP contribution is 2.32. The van der Waals surface area contributed by atoms with E-state index in [2.05, 4.69) is 20.7 Å². The Hall–Kier alpha value is -1.39. The van der Waals surface area contributed by atoms with Crippen molar-refractivity contribution in [1.82, 2.24) is 15.6 Å². The van der Waals surface area contributed by atoms with Gasteiger partial charge in [0, 0.05) is 20.5 Å². The molecule has 0 aliphatic carbocycles. The third-order valence-corrected chi connectivity index (χ3v) is 7.71. The van der Waals surface area contributed by atoms with Crippen LogP contribution < -0.4 is 5.43 Å². The van der Waals surface area contributed by atoms with E-state index in [-0.39, 0.29) is 11.7 Å². The first-order valence-corrected chi connectivity index (χ1v) is 11.8. The van der Waals surface area contributed by atoms with E-state index >= 15 is 0 Å². The monoisotopic (exact) mass is 454 g/mol. The van der Waals surface area contributed by atoms with Crippen molar-refractivity contribution >= 4 is 69.9 Å². The predicted octanol–water partition coefficient (Wildman–Crippen LogP) is 5.10. The number of hydrazone groups is 1. The molecule has 0 radical (unpaired) electrons. The number of carbonyl (C=O) groups excluding carboxylic acids is 1. The number of carbonyl (C=O) groups is 1. The maximum Gasteiger partial charge on any atom is 0.250 e. The van der Waals surface area contributed by atoms with Crippen LogP contribution in [-0.2, 0) is 10.5 Å². The highest BCUT2D eigenvalue weighted by molar-refractivity contribution is 8.03. The Labute approximate surface area is 178 Å². The van der Waals surface area contributed by atoms with E-state index in [0.29, 0.717) is 0 Å². The van der Waals surface area contributed by atoms with Crippen LogP contribution in [0.5, 0.6) is 0 Å². The van der Waals surface area contributed by atoms with Crippen molar-refractivity contribution in [2.75, 3.05) is 5.75 Å². The molecule has 0 atom stereocenters. The highest BCUT2D eigenvalue weighted by atomic mass is 35.5. The molecule has 0 unspecified atom stereocenters. The second-order valence-corrected chi connectivity index (χ2v) is 10.4. The molecule has 5 nitrogen and oxygen atoms in total. The molecule has 10 heteroatoms. The van der Waals surface area contributed by atoms with Crippen molar-refractivity contribution in [3.8, 4) is 0 Å². The Morgan fingerprint density at radius 1 is 1.19 bits per heavy atom. The van der Waals surface area contributed by atoms with Crippen molar-refractivity contribution < 1.29 is 4.79 Å². The van der Waals surface area contributed by atoms with Crippen LogP contribution in [-0.4, -0.2) is 28.1 Å². The van der Waals surface area contributed by atoms with Gasteiger partial charge in [-0.1, -0.05) is 64.7 Å². The molecule has 1 N–H and O–H groups in total. The molecule has 1 aromatic carbocycles. The van der Waals surface area contributed by atoms with E-state index in [1.165, 1.54) is 28.0 Å². The number of rotatable bonds is 8. The topological polar surface area (TPSA) is 67.2 Å². The minimum Gasteiger partial charge on any atom is -0.272 e. The van der Waals surface area contributed by atoms with Crippen molar-refractivity contribution in [2.45, 2.75) is 21.4 Å². The lowest BCUT2D eigenvalue weighted by Crippen LogP contribution is -2.19. The zero-order valence-electron chi connectivity index (χ0n) is 14.2. The SMILES string of the molecule is Cc1ccc(C=NNC(=O)CSc2nnc(SCc3ccccc3Cl)s2)s1. The van der Waals surface area contributed by atoms with Gasteiger partial charge >= 0.3 is 0 Å². The first-order chi connectivity index (χ1) is 13.1. The highest BCUT2D eigenvalue weighted by Gasteiger charge is 2.09. The van der Waals surface area contributed by atoms with Gasteiger partial charge in [-0.2, -0.15) is 5.10 Å². The maximum absolute atomic E-state index is 11.9. The molecule has 0 aliphatic heterocycles. The summed E-state index contributed by atoms with van der Waals surface area (Å²) < 4.78 is 1.61. The standard InChI is InChI=1S/C17H15ClN4OS4/c1-11-6-7-13(26-11)8-19-20-15(23)10-25-17-22-21-16(27-17)24-9-12-4-2-3-5-14(12)18/h2-8H,9-10H2,1H3,(H,20,23). The average Bonchev–Trinajstić information content (AvgIpc) is 3.28. The van der Waals surface area contributed by atoms with Gasteiger partial charge < -0.3 is 0 Å². The van der Waals surface area contributed by atoms with Gasteiger partial charge in [0.1, 0.15) is 0 Å². The lowest BCUT2D eigenvalue weighted by Gasteiger charge is -2.00. The molecule has 0 bridgehead atoms. The molecule has 2 aromatic heterocycles. The van der Waals surface area contributed by atoms with Crippen LogP contribution in [0.4, 0.5) is 0 Å². The summed E-state index contributed by atoms with van der Waals surface area (Å²) in [6.07, 6.45) is 1.65.